The molecule has 0 radical (unpaired) electrons. The average Bonchev–Trinajstić information content (AvgIpc) is 3.54. The predicted octanol–water partition coefficient (Wildman–Crippen LogP) is 7.30. The number of nitrogens with one attached hydrogen (secondary N) is 1. The van der Waals surface area contributed by atoms with Crippen LogP contribution in [0.1, 0.15) is 36.8 Å². The number of methoxy groups -OCH3 is 1. The van der Waals surface area contributed by atoms with Gasteiger partial charge in [-0.25, -0.2) is 0 Å². The summed E-state index contributed by atoms with van der Waals surface area (Å²) in [7, 11) is 1.55. The van der Waals surface area contributed by atoms with Gasteiger partial charge in [-0.15, -0.1) is 0 Å². The summed E-state index contributed by atoms with van der Waals surface area (Å²) in [6.45, 7) is 2.07. The fourth-order valence-corrected chi connectivity index (χ4v) is 9.48. The number of benzene rings is 4. The van der Waals surface area contributed by atoms with Crippen molar-refractivity contribution in [1.29, 1.82) is 0 Å². The van der Waals surface area contributed by atoms with Gasteiger partial charge in [-0.3, -0.25) is 29.5 Å². The number of ether oxygens (including phenoxy) is 2. The highest BCUT2D eigenvalue weighted by Crippen LogP contribution is 2.64. The Morgan fingerprint density at radius 2 is 1.64 bits per heavy atom. The molecular formula is C41H35Cl2N3O7. The number of halogens is 2. The summed E-state index contributed by atoms with van der Waals surface area (Å²) in [6, 6.07) is 25.6. The number of imide groups is 2. The summed E-state index contributed by atoms with van der Waals surface area (Å²) in [6.07, 6.45) is 2.37. The van der Waals surface area contributed by atoms with Crippen LogP contribution in [0.15, 0.2) is 103 Å². The number of carbonyl (C=O) groups excluding carboxylic acids is 4. The normalized spacial score (nSPS) is 26.2. The summed E-state index contributed by atoms with van der Waals surface area (Å²) in [5.41, 5.74) is 4.18. The van der Waals surface area contributed by atoms with Crippen molar-refractivity contribution in [3.8, 4) is 17.2 Å². The van der Waals surface area contributed by atoms with Crippen LogP contribution in [-0.4, -0.2) is 47.5 Å². The van der Waals surface area contributed by atoms with Crippen molar-refractivity contribution in [1.82, 2.24) is 5.01 Å². The van der Waals surface area contributed by atoms with Crippen LogP contribution in [0.5, 0.6) is 17.2 Å². The number of nitrogens with zero attached hydrogens (tertiary/aromatic N) is 2. The maximum absolute atomic E-state index is 15.4. The van der Waals surface area contributed by atoms with Gasteiger partial charge < -0.3 is 14.6 Å². The van der Waals surface area contributed by atoms with Crippen molar-refractivity contribution < 1.29 is 33.8 Å². The lowest BCUT2D eigenvalue weighted by Crippen LogP contribution is -2.53. The van der Waals surface area contributed by atoms with Gasteiger partial charge >= 0.3 is 0 Å². The number of hydrogen-bond donors (Lipinski definition) is 2. The van der Waals surface area contributed by atoms with Crippen LogP contribution in [0, 0.1) is 23.7 Å². The molecule has 2 saturated heterocycles. The molecule has 8 rings (SSSR count). The molecule has 6 unspecified atom stereocenters. The lowest BCUT2D eigenvalue weighted by Gasteiger charge is -2.50. The van der Waals surface area contributed by atoms with Gasteiger partial charge in [0.15, 0.2) is 11.5 Å². The number of para-hydroxylation sites is 1. The van der Waals surface area contributed by atoms with Gasteiger partial charge in [-0.2, -0.15) is 5.01 Å². The van der Waals surface area contributed by atoms with Crippen LogP contribution in [0.3, 0.4) is 0 Å². The molecule has 2 heterocycles. The Hall–Kier alpha value is -5.32. The highest BCUT2D eigenvalue weighted by molar-refractivity contribution is 6.36. The Morgan fingerprint density at radius 3 is 2.34 bits per heavy atom. The quantitative estimate of drug-likeness (QED) is 0.142. The highest BCUT2D eigenvalue weighted by atomic mass is 35.5. The van der Waals surface area contributed by atoms with Gasteiger partial charge in [-0.1, -0.05) is 71.2 Å². The first-order valence-corrected chi connectivity index (χ1v) is 18.2. The van der Waals surface area contributed by atoms with E-state index < -0.39 is 46.8 Å². The van der Waals surface area contributed by atoms with E-state index in [-0.39, 0.29) is 47.8 Å². The fraction of sp³-hybridized carbons (Fsp3) is 0.268. The third-order valence-electron chi connectivity index (χ3n) is 11.2. The molecule has 2 aliphatic carbocycles. The van der Waals surface area contributed by atoms with E-state index in [9.17, 15) is 19.5 Å². The standard InChI is InChI=1S/C41H35Cl2N3O7/c1-3-53-34-19-22(9-18-33(34)47)36-27-15-16-28-35(39(50)45(37(28)48)25-7-5-4-6-8-25)29(27)21-30-38(49)46(44-32-17-12-24(42)20-31(32)43)40(51)41(30,36)23-10-13-26(52-2)14-11-23/h4-15,17-20,28-30,35-36,44,47H,3,16,21H2,1-2H3. The minimum absolute atomic E-state index is 0.0831. The summed E-state index contributed by atoms with van der Waals surface area (Å²) < 4.78 is 11.3. The first-order valence-electron chi connectivity index (χ1n) is 17.4. The monoisotopic (exact) mass is 751 g/mol. The van der Waals surface area contributed by atoms with E-state index in [1.165, 1.54) is 17.0 Å². The maximum Gasteiger partial charge on any atom is 0.260 e. The Labute approximate surface area is 315 Å². The lowest BCUT2D eigenvalue weighted by atomic mass is 9.49. The van der Waals surface area contributed by atoms with Gasteiger partial charge in [0.1, 0.15) is 5.75 Å². The summed E-state index contributed by atoms with van der Waals surface area (Å²) in [4.78, 5) is 60.1. The van der Waals surface area contributed by atoms with Crippen LogP contribution >= 0.6 is 23.2 Å². The molecule has 270 valence electrons. The van der Waals surface area contributed by atoms with Gasteiger partial charge in [0.2, 0.25) is 11.8 Å². The molecule has 2 N–H and O–H groups in total. The van der Waals surface area contributed by atoms with Crippen LogP contribution < -0.4 is 19.8 Å². The number of amides is 4. The topological polar surface area (TPSA) is 125 Å². The molecule has 1 saturated carbocycles. The fourth-order valence-electron chi connectivity index (χ4n) is 9.03. The number of phenols is 1. The maximum atomic E-state index is 15.4. The second kappa shape index (κ2) is 13.3. The molecule has 2 aliphatic heterocycles. The van der Waals surface area contributed by atoms with Gasteiger partial charge in [0, 0.05) is 10.9 Å². The largest absolute Gasteiger partial charge is 0.504 e. The number of hydrogen-bond acceptors (Lipinski definition) is 8. The van der Waals surface area contributed by atoms with Crippen molar-refractivity contribution >= 4 is 58.2 Å². The number of fused-ring (bicyclic) bond motifs is 4. The Kier molecular flexibility index (Phi) is 8.70. The Bertz CT molecular complexity index is 2190. The predicted molar refractivity (Wildman–Crippen MR) is 199 cm³/mol. The second-order valence-corrected chi connectivity index (χ2v) is 14.6. The lowest BCUT2D eigenvalue weighted by molar-refractivity contribution is -0.138. The molecule has 0 bridgehead atoms. The number of allylic oxidation sites excluding steroid dienone is 2. The molecule has 53 heavy (non-hydrogen) atoms. The van der Waals surface area contributed by atoms with E-state index in [2.05, 4.69) is 5.43 Å². The number of phenolic OH excluding ortho intramolecular Hbond substituents is 1. The molecule has 4 amide bonds. The minimum atomic E-state index is -1.55. The van der Waals surface area contributed by atoms with Crippen molar-refractivity contribution in [2.45, 2.75) is 31.1 Å². The second-order valence-electron chi connectivity index (χ2n) is 13.7. The number of hydrazine groups is 1. The molecule has 4 aromatic rings. The summed E-state index contributed by atoms with van der Waals surface area (Å²) >= 11 is 12.7. The average molecular weight is 753 g/mol. The third kappa shape index (κ3) is 5.29. The smallest absolute Gasteiger partial charge is 0.260 e. The van der Waals surface area contributed by atoms with Crippen LogP contribution in [0.4, 0.5) is 11.4 Å². The Morgan fingerprint density at radius 1 is 0.887 bits per heavy atom. The first kappa shape index (κ1) is 34.7. The number of anilines is 2. The van der Waals surface area contributed by atoms with Crippen molar-refractivity contribution in [2.24, 2.45) is 23.7 Å². The molecular weight excluding hydrogens is 717 g/mol. The van der Waals surface area contributed by atoms with Gasteiger partial charge in [-0.05, 0) is 91.4 Å². The van der Waals surface area contributed by atoms with Crippen molar-refractivity contribution in [3.63, 3.8) is 0 Å². The highest BCUT2D eigenvalue weighted by Gasteiger charge is 2.70. The molecule has 12 heteroatoms. The molecule has 10 nitrogen and oxygen atoms in total. The van der Waals surface area contributed by atoms with E-state index >= 15 is 4.79 Å². The van der Waals surface area contributed by atoms with Crippen LogP contribution in [0.25, 0.3) is 0 Å². The first-order chi connectivity index (χ1) is 25.6. The van der Waals surface area contributed by atoms with Crippen LogP contribution in [0.2, 0.25) is 10.0 Å². The number of rotatable bonds is 8. The number of aromatic hydroxyl groups is 1. The molecule has 0 aromatic heterocycles. The van der Waals surface area contributed by atoms with Crippen LogP contribution in [-0.2, 0) is 24.6 Å². The van der Waals surface area contributed by atoms with E-state index in [0.29, 0.717) is 33.3 Å². The zero-order valence-corrected chi connectivity index (χ0v) is 30.3. The molecule has 0 spiro atoms. The molecule has 4 aromatic carbocycles. The van der Waals surface area contributed by atoms with E-state index in [1.54, 1.807) is 86.8 Å². The SMILES string of the molecule is CCOc1cc(C2C3=CCC4C(=O)N(c5ccccc5)C(=O)C4C3CC3C(=O)N(Nc4ccc(Cl)cc4Cl)C(=O)C32c2ccc(OC)cc2)ccc1O. The molecule has 3 fully saturated rings. The van der Waals surface area contributed by atoms with Gasteiger partial charge in [0.25, 0.3) is 11.8 Å². The van der Waals surface area contributed by atoms with Crippen molar-refractivity contribution in [2.75, 3.05) is 24.0 Å². The van der Waals surface area contributed by atoms with E-state index in [1.807, 2.05) is 12.1 Å². The zero-order valence-electron chi connectivity index (χ0n) is 28.8. The molecule has 6 atom stereocenters. The van der Waals surface area contributed by atoms with E-state index in [0.717, 1.165) is 10.6 Å². The summed E-state index contributed by atoms with van der Waals surface area (Å²) in [5, 5.41) is 12.4. The zero-order chi connectivity index (χ0) is 37.2. The Balaban J connectivity index is 1.35. The molecule has 4 aliphatic rings. The number of carbonyl (C=O) groups is 4. The van der Waals surface area contributed by atoms with E-state index in [4.69, 9.17) is 32.7 Å². The van der Waals surface area contributed by atoms with Gasteiger partial charge in [0.05, 0.1) is 53.3 Å². The third-order valence-corrected chi connectivity index (χ3v) is 11.8. The minimum Gasteiger partial charge on any atom is -0.504 e. The summed E-state index contributed by atoms with van der Waals surface area (Å²) in [5.74, 6) is -4.76. The van der Waals surface area contributed by atoms with Crippen molar-refractivity contribution in [3.05, 3.63) is 124 Å².